The Hall–Kier alpha value is -4.22. The number of hydrogen-bond acceptors (Lipinski definition) is 6. The largest absolute Gasteiger partial charge is 0.478 e. The first-order valence-electron chi connectivity index (χ1n) is 11.6. The van der Waals surface area contributed by atoms with Crippen molar-refractivity contribution in [2.45, 2.75) is 19.0 Å². The average Bonchev–Trinajstić information content (AvgIpc) is 3.50. The van der Waals surface area contributed by atoms with Gasteiger partial charge in [0.2, 0.25) is 10.0 Å². The van der Waals surface area contributed by atoms with Gasteiger partial charge in [0.1, 0.15) is 17.6 Å². The van der Waals surface area contributed by atoms with E-state index in [1.807, 2.05) is 42.2 Å². The van der Waals surface area contributed by atoms with Crippen LogP contribution in [0.4, 0.5) is 11.4 Å². The molecule has 1 saturated heterocycles. The summed E-state index contributed by atoms with van der Waals surface area (Å²) < 4.78 is 32.3. The van der Waals surface area contributed by atoms with Crippen LogP contribution in [0, 0.1) is 6.92 Å². The lowest BCUT2D eigenvalue weighted by Gasteiger charge is -2.26. The number of carbonyl (C=O) groups is 1. The first-order valence-corrected chi connectivity index (χ1v) is 13.9. The third-order valence-corrected chi connectivity index (χ3v) is 7.10. The SMILES string of the molecule is Cc1cc(N2C(=S)N[C@H](c3ccccn3)[C@H]2c2ccc(-c3cccc(C(=O)O)c3)o2)ccc1NS(C)(=O)=O. The van der Waals surface area contributed by atoms with Crippen molar-refractivity contribution in [1.29, 1.82) is 0 Å². The first-order chi connectivity index (χ1) is 18.1. The number of benzene rings is 2. The topological polar surface area (TPSA) is 125 Å². The fourth-order valence-electron chi connectivity index (χ4n) is 4.51. The van der Waals surface area contributed by atoms with Crippen LogP contribution >= 0.6 is 12.2 Å². The number of nitrogens with zero attached hydrogens (tertiary/aromatic N) is 2. The zero-order valence-corrected chi connectivity index (χ0v) is 22.1. The zero-order valence-electron chi connectivity index (χ0n) is 20.5. The highest BCUT2D eigenvalue weighted by atomic mass is 32.2. The zero-order chi connectivity index (χ0) is 27.0. The molecule has 2 atom stereocenters. The Bertz CT molecular complexity index is 1640. The van der Waals surface area contributed by atoms with E-state index in [2.05, 4.69) is 15.0 Å². The van der Waals surface area contributed by atoms with Gasteiger partial charge in [-0.3, -0.25) is 9.71 Å². The van der Waals surface area contributed by atoms with Gasteiger partial charge in [0.15, 0.2) is 5.11 Å². The number of aromatic carboxylic acids is 1. The molecular formula is C27H24N4O5S2. The third kappa shape index (κ3) is 5.11. The third-order valence-electron chi connectivity index (χ3n) is 6.19. The van der Waals surface area contributed by atoms with Crippen molar-refractivity contribution < 1.29 is 22.7 Å². The van der Waals surface area contributed by atoms with Crippen LogP contribution in [-0.2, 0) is 10.0 Å². The first kappa shape index (κ1) is 25.4. The molecule has 3 N–H and O–H groups in total. The number of furan rings is 1. The Morgan fingerprint density at radius 2 is 1.92 bits per heavy atom. The lowest BCUT2D eigenvalue weighted by atomic mass is 10.0. The van der Waals surface area contributed by atoms with Crippen molar-refractivity contribution in [2.75, 3.05) is 15.9 Å². The number of carboxylic acid groups (broad SMARTS) is 1. The van der Waals surface area contributed by atoms with E-state index in [9.17, 15) is 18.3 Å². The predicted octanol–water partition coefficient (Wildman–Crippen LogP) is 4.90. The van der Waals surface area contributed by atoms with Gasteiger partial charge in [-0.2, -0.15) is 0 Å². The summed E-state index contributed by atoms with van der Waals surface area (Å²) in [7, 11) is -3.43. The number of pyridine rings is 1. The van der Waals surface area contributed by atoms with E-state index in [0.717, 1.165) is 23.2 Å². The second kappa shape index (κ2) is 9.92. The lowest BCUT2D eigenvalue weighted by molar-refractivity contribution is 0.0697. The molecule has 4 aromatic rings. The summed E-state index contributed by atoms with van der Waals surface area (Å²) >= 11 is 5.76. The number of aryl methyl sites for hydroxylation is 1. The van der Waals surface area contributed by atoms with Gasteiger partial charge in [-0.15, -0.1) is 0 Å². The summed E-state index contributed by atoms with van der Waals surface area (Å²) in [6.07, 6.45) is 2.81. The Kier molecular flexibility index (Phi) is 6.64. The Labute approximate surface area is 225 Å². The second-order valence-corrected chi connectivity index (χ2v) is 11.1. The van der Waals surface area contributed by atoms with Gasteiger partial charge >= 0.3 is 5.97 Å². The smallest absolute Gasteiger partial charge is 0.335 e. The van der Waals surface area contributed by atoms with E-state index in [-0.39, 0.29) is 11.6 Å². The molecule has 9 nitrogen and oxygen atoms in total. The number of hydrogen-bond donors (Lipinski definition) is 3. The Morgan fingerprint density at radius 3 is 2.61 bits per heavy atom. The van der Waals surface area contributed by atoms with Crippen molar-refractivity contribution in [3.05, 3.63) is 102 Å². The number of thiocarbonyl (C=S) groups is 1. The van der Waals surface area contributed by atoms with E-state index < -0.39 is 22.0 Å². The maximum absolute atomic E-state index is 11.8. The van der Waals surface area contributed by atoms with E-state index in [1.165, 1.54) is 6.07 Å². The summed E-state index contributed by atoms with van der Waals surface area (Å²) in [5.74, 6) is 0.0961. The van der Waals surface area contributed by atoms with Crippen LogP contribution in [0.3, 0.4) is 0 Å². The quantitative estimate of drug-likeness (QED) is 0.277. The van der Waals surface area contributed by atoms with E-state index >= 15 is 0 Å². The highest BCUT2D eigenvalue weighted by Gasteiger charge is 2.42. The van der Waals surface area contributed by atoms with Crippen molar-refractivity contribution in [3.8, 4) is 11.3 Å². The number of nitrogens with one attached hydrogen (secondary N) is 2. The highest BCUT2D eigenvalue weighted by molar-refractivity contribution is 7.92. The van der Waals surface area contributed by atoms with Crippen LogP contribution in [-0.4, -0.2) is 35.8 Å². The number of rotatable bonds is 7. The molecule has 0 saturated carbocycles. The number of aromatic nitrogens is 1. The van der Waals surface area contributed by atoms with Gasteiger partial charge in [-0.05, 0) is 79.3 Å². The van der Waals surface area contributed by atoms with E-state index in [4.69, 9.17) is 16.6 Å². The normalized spacial score (nSPS) is 17.3. The lowest BCUT2D eigenvalue weighted by Crippen LogP contribution is -2.29. The number of carboxylic acids is 1. The Morgan fingerprint density at radius 1 is 1.11 bits per heavy atom. The molecule has 3 heterocycles. The molecule has 1 aliphatic heterocycles. The van der Waals surface area contributed by atoms with Gasteiger partial charge < -0.3 is 19.7 Å². The number of anilines is 2. The molecule has 0 aliphatic carbocycles. The fraction of sp³-hybridized carbons (Fsp3) is 0.148. The van der Waals surface area contributed by atoms with Crippen molar-refractivity contribution >= 4 is 44.7 Å². The van der Waals surface area contributed by atoms with Crippen molar-refractivity contribution in [1.82, 2.24) is 10.3 Å². The molecule has 1 aliphatic rings. The minimum atomic E-state index is -3.43. The maximum atomic E-state index is 11.8. The van der Waals surface area contributed by atoms with Crippen LogP contribution in [0.1, 0.15) is 39.5 Å². The molecule has 38 heavy (non-hydrogen) atoms. The average molecular weight is 549 g/mol. The van der Waals surface area contributed by atoms with E-state index in [1.54, 1.807) is 42.6 Å². The molecule has 0 spiro atoms. The summed E-state index contributed by atoms with van der Waals surface area (Å²) in [4.78, 5) is 17.9. The van der Waals surface area contributed by atoms with Gasteiger partial charge in [-0.1, -0.05) is 18.2 Å². The molecule has 0 amide bonds. The van der Waals surface area contributed by atoms with Gasteiger partial charge in [-0.25, -0.2) is 13.2 Å². The molecule has 2 aromatic heterocycles. The summed E-state index contributed by atoms with van der Waals surface area (Å²) in [6, 6.07) is 20.4. The molecule has 5 rings (SSSR count). The summed E-state index contributed by atoms with van der Waals surface area (Å²) in [6.45, 7) is 1.81. The standard InChI is InChI=1S/C27H24N4O5S2/c1-16-14-19(9-10-20(16)30-38(2,34)35)31-25(24(29-27(31)37)21-8-3-4-13-28-21)23-12-11-22(36-23)17-6-5-7-18(15-17)26(32)33/h3-15,24-25,30H,1-2H3,(H,29,37)(H,32,33)/t24-,25-/m1/s1. The van der Waals surface area contributed by atoms with Crippen LogP contribution in [0.5, 0.6) is 0 Å². The highest BCUT2D eigenvalue weighted by Crippen LogP contribution is 2.43. The maximum Gasteiger partial charge on any atom is 0.335 e. The monoisotopic (exact) mass is 548 g/mol. The molecule has 194 valence electrons. The van der Waals surface area contributed by atoms with E-state index in [0.29, 0.717) is 27.9 Å². The van der Waals surface area contributed by atoms with Crippen LogP contribution in [0.15, 0.2) is 83.4 Å². The molecule has 11 heteroatoms. The molecule has 0 radical (unpaired) electrons. The summed E-state index contributed by atoms with van der Waals surface area (Å²) in [5.41, 5.74) is 3.51. The Balaban J connectivity index is 1.58. The van der Waals surface area contributed by atoms with Crippen molar-refractivity contribution in [2.24, 2.45) is 0 Å². The van der Waals surface area contributed by atoms with Crippen molar-refractivity contribution in [3.63, 3.8) is 0 Å². The minimum absolute atomic E-state index is 0.162. The van der Waals surface area contributed by atoms with Crippen LogP contribution in [0.25, 0.3) is 11.3 Å². The molecule has 2 aromatic carbocycles. The minimum Gasteiger partial charge on any atom is -0.478 e. The van der Waals surface area contributed by atoms with Crippen LogP contribution < -0.4 is 14.9 Å². The van der Waals surface area contributed by atoms with Crippen LogP contribution in [0.2, 0.25) is 0 Å². The van der Waals surface area contributed by atoms with Gasteiger partial charge in [0, 0.05) is 17.4 Å². The molecule has 0 bridgehead atoms. The number of sulfonamides is 1. The molecule has 1 fully saturated rings. The van der Waals surface area contributed by atoms with Gasteiger partial charge in [0.25, 0.3) is 0 Å². The van der Waals surface area contributed by atoms with Gasteiger partial charge in [0.05, 0.1) is 29.2 Å². The predicted molar refractivity (Wildman–Crippen MR) is 149 cm³/mol. The summed E-state index contributed by atoms with van der Waals surface area (Å²) in [5, 5.41) is 13.2. The second-order valence-electron chi connectivity index (χ2n) is 8.96. The molecule has 0 unspecified atom stereocenters. The fourth-order valence-corrected chi connectivity index (χ4v) is 5.48. The molecular weight excluding hydrogens is 524 g/mol.